The van der Waals surface area contributed by atoms with Crippen LogP contribution in [0.5, 0.6) is 11.5 Å². The SMILES string of the molecule is C=CC=CC(C)=O.Oc1ccccc1.Oc1ccccc1Cl. The van der Waals surface area contributed by atoms with Crippen LogP contribution >= 0.6 is 11.6 Å². The van der Waals surface area contributed by atoms with Gasteiger partial charge in [-0.15, -0.1) is 0 Å². The Bertz CT molecular complexity index is 571. The van der Waals surface area contributed by atoms with Crippen LogP contribution in [0.4, 0.5) is 0 Å². The summed E-state index contributed by atoms with van der Waals surface area (Å²) in [6, 6.07) is 15.4. The van der Waals surface area contributed by atoms with E-state index in [-0.39, 0.29) is 11.5 Å². The van der Waals surface area contributed by atoms with Gasteiger partial charge in [-0.2, -0.15) is 0 Å². The maximum Gasteiger partial charge on any atom is 0.152 e. The van der Waals surface area contributed by atoms with Gasteiger partial charge in [0, 0.05) is 0 Å². The molecule has 0 saturated carbocycles. The van der Waals surface area contributed by atoms with Crippen molar-refractivity contribution in [2.24, 2.45) is 0 Å². The molecule has 0 atom stereocenters. The monoisotopic (exact) mass is 318 g/mol. The first-order chi connectivity index (χ1) is 10.5. The Morgan fingerprint density at radius 3 is 1.86 bits per heavy atom. The van der Waals surface area contributed by atoms with Crippen molar-refractivity contribution in [3.8, 4) is 11.5 Å². The summed E-state index contributed by atoms with van der Waals surface area (Å²) in [7, 11) is 0. The molecular weight excluding hydrogens is 300 g/mol. The van der Waals surface area contributed by atoms with Gasteiger partial charge >= 0.3 is 0 Å². The normalized spacial score (nSPS) is 9.00. The van der Waals surface area contributed by atoms with E-state index < -0.39 is 0 Å². The number of halogens is 1. The molecule has 0 aliphatic rings. The molecule has 0 bridgehead atoms. The summed E-state index contributed by atoms with van der Waals surface area (Å²) in [5.74, 6) is 0.511. The van der Waals surface area contributed by atoms with Gasteiger partial charge in [0.2, 0.25) is 0 Å². The van der Waals surface area contributed by atoms with Crippen molar-refractivity contribution in [3.63, 3.8) is 0 Å². The summed E-state index contributed by atoms with van der Waals surface area (Å²) in [4.78, 5) is 10.1. The molecule has 2 rings (SSSR count). The number of benzene rings is 2. The molecular formula is C18H19ClO3. The van der Waals surface area contributed by atoms with Gasteiger partial charge in [0.15, 0.2) is 5.78 Å². The molecule has 2 aromatic rings. The van der Waals surface area contributed by atoms with E-state index in [2.05, 4.69) is 6.58 Å². The molecule has 0 heterocycles. The van der Waals surface area contributed by atoms with E-state index in [1.54, 1.807) is 60.7 Å². The van der Waals surface area contributed by atoms with Crippen molar-refractivity contribution in [2.75, 3.05) is 0 Å². The fourth-order valence-corrected chi connectivity index (χ4v) is 1.22. The van der Waals surface area contributed by atoms with Crippen LogP contribution in [0.15, 0.2) is 79.4 Å². The summed E-state index contributed by atoms with van der Waals surface area (Å²) in [6.07, 6.45) is 4.65. The van der Waals surface area contributed by atoms with Gasteiger partial charge in [-0.25, -0.2) is 0 Å². The molecule has 4 heteroatoms. The minimum atomic E-state index is 0.0555. The Morgan fingerprint density at radius 1 is 1.05 bits per heavy atom. The molecule has 0 spiro atoms. The van der Waals surface area contributed by atoms with Gasteiger partial charge in [0.05, 0.1) is 5.02 Å². The van der Waals surface area contributed by atoms with Crippen LogP contribution in [0.1, 0.15) is 6.92 Å². The molecule has 2 aromatic carbocycles. The predicted molar refractivity (Wildman–Crippen MR) is 91.2 cm³/mol. The van der Waals surface area contributed by atoms with Crippen LogP contribution in [0.2, 0.25) is 5.02 Å². The smallest absolute Gasteiger partial charge is 0.152 e. The number of carbonyl (C=O) groups excluding carboxylic acids is 1. The number of carbonyl (C=O) groups is 1. The number of aromatic hydroxyl groups is 2. The van der Waals surface area contributed by atoms with E-state index in [1.807, 2.05) is 6.07 Å². The number of para-hydroxylation sites is 2. The summed E-state index contributed by atoms with van der Waals surface area (Å²) in [5, 5.41) is 17.8. The average Bonchev–Trinajstić information content (AvgIpc) is 2.50. The minimum absolute atomic E-state index is 0.0555. The standard InChI is InChI=1S/C6H5ClO.C6H6O.C6H8O/c7-5-3-1-2-4-6(5)8;7-6-4-2-1-3-5-6;1-3-4-5-6(2)7/h1-4,8H;1-5,7H;3-5H,1H2,2H3. The first-order valence-electron chi connectivity index (χ1n) is 6.44. The van der Waals surface area contributed by atoms with Crippen molar-refractivity contribution in [3.05, 3.63) is 84.4 Å². The molecule has 0 amide bonds. The van der Waals surface area contributed by atoms with Crippen molar-refractivity contribution >= 4 is 17.4 Å². The zero-order chi connectivity index (χ0) is 16.8. The molecule has 116 valence electrons. The fourth-order valence-electron chi connectivity index (χ4n) is 1.08. The van der Waals surface area contributed by atoms with E-state index in [1.165, 1.54) is 13.0 Å². The fraction of sp³-hybridized carbons (Fsp3) is 0.0556. The Morgan fingerprint density at radius 2 is 1.59 bits per heavy atom. The van der Waals surface area contributed by atoms with Crippen molar-refractivity contribution in [2.45, 2.75) is 6.92 Å². The van der Waals surface area contributed by atoms with E-state index in [0.717, 1.165) is 0 Å². The van der Waals surface area contributed by atoms with Crippen LogP contribution in [-0.2, 0) is 4.79 Å². The maximum atomic E-state index is 10.1. The largest absolute Gasteiger partial charge is 0.508 e. The van der Waals surface area contributed by atoms with Crippen molar-refractivity contribution in [1.29, 1.82) is 0 Å². The van der Waals surface area contributed by atoms with E-state index >= 15 is 0 Å². The van der Waals surface area contributed by atoms with E-state index in [9.17, 15) is 4.79 Å². The topological polar surface area (TPSA) is 57.5 Å². The van der Waals surface area contributed by atoms with E-state index in [0.29, 0.717) is 10.8 Å². The van der Waals surface area contributed by atoms with Crippen LogP contribution in [0.25, 0.3) is 0 Å². The Labute approximate surface area is 135 Å². The van der Waals surface area contributed by atoms with Crippen LogP contribution in [0, 0.1) is 0 Å². The molecule has 22 heavy (non-hydrogen) atoms. The molecule has 0 saturated heterocycles. The molecule has 2 N–H and O–H groups in total. The zero-order valence-corrected chi connectivity index (χ0v) is 13.1. The lowest BCUT2D eigenvalue weighted by atomic mass is 10.3. The first kappa shape index (κ1) is 19.5. The third kappa shape index (κ3) is 11.3. The summed E-state index contributed by atoms with van der Waals surface area (Å²) in [6.45, 7) is 4.89. The number of hydrogen-bond acceptors (Lipinski definition) is 3. The Kier molecular flexibility index (Phi) is 10.8. The second kappa shape index (κ2) is 12.2. The molecule has 0 fully saturated rings. The summed E-state index contributed by atoms with van der Waals surface area (Å²) in [5.41, 5.74) is 0. The molecule has 0 radical (unpaired) electrons. The number of phenolic OH excluding ortho intramolecular Hbond substituents is 2. The van der Waals surface area contributed by atoms with Crippen LogP contribution < -0.4 is 0 Å². The molecule has 0 unspecified atom stereocenters. The lowest BCUT2D eigenvalue weighted by Crippen LogP contribution is -1.76. The predicted octanol–water partition coefficient (Wildman–Crippen LogP) is 4.76. The maximum absolute atomic E-state index is 10.1. The van der Waals surface area contributed by atoms with Gasteiger partial charge in [0.25, 0.3) is 0 Å². The molecule has 0 aliphatic carbocycles. The molecule has 0 aromatic heterocycles. The second-order valence-electron chi connectivity index (χ2n) is 3.99. The quantitative estimate of drug-likeness (QED) is 0.620. The third-order valence-corrected chi connectivity index (χ3v) is 2.40. The highest BCUT2D eigenvalue weighted by Gasteiger charge is 1.89. The first-order valence-corrected chi connectivity index (χ1v) is 6.82. The van der Waals surface area contributed by atoms with Crippen LogP contribution in [-0.4, -0.2) is 16.0 Å². The number of phenols is 2. The number of rotatable bonds is 2. The van der Waals surface area contributed by atoms with Gasteiger partial charge in [-0.05, 0) is 37.3 Å². The van der Waals surface area contributed by atoms with Crippen molar-refractivity contribution < 1.29 is 15.0 Å². The number of ketones is 1. The minimum Gasteiger partial charge on any atom is -0.508 e. The zero-order valence-electron chi connectivity index (χ0n) is 12.3. The number of hydrogen-bond donors (Lipinski definition) is 2. The highest BCUT2D eigenvalue weighted by molar-refractivity contribution is 6.31. The summed E-state index contributed by atoms with van der Waals surface area (Å²) < 4.78 is 0. The average molecular weight is 319 g/mol. The lowest BCUT2D eigenvalue weighted by Gasteiger charge is -1.89. The Balaban J connectivity index is 0.000000302. The second-order valence-corrected chi connectivity index (χ2v) is 4.40. The van der Waals surface area contributed by atoms with Gasteiger partial charge in [0.1, 0.15) is 11.5 Å². The van der Waals surface area contributed by atoms with Gasteiger partial charge < -0.3 is 10.2 Å². The lowest BCUT2D eigenvalue weighted by molar-refractivity contribution is -0.112. The van der Waals surface area contributed by atoms with Gasteiger partial charge in [-0.3, -0.25) is 4.79 Å². The van der Waals surface area contributed by atoms with Crippen LogP contribution in [0.3, 0.4) is 0 Å². The Hall–Kier alpha value is -2.52. The third-order valence-electron chi connectivity index (χ3n) is 2.08. The van der Waals surface area contributed by atoms with Gasteiger partial charge in [-0.1, -0.05) is 60.7 Å². The molecule has 3 nitrogen and oxygen atoms in total. The van der Waals surface area contributed by atoms with E-state index in [4.69, 9.17) is 21.8 Å². The highest BCUT2D eigenvalue weighted by Crippen LogP contribution is 2.20. The van der Waals surface area contributed by atoms with Crippen molar-refractivity contribution in [1.82, 2.24) is 0 Å². The highest BCUT2D eigenvalue weighted by atomic mass is 35.5. The number of allylic oxidation sites excluding steroid dienone is 3. The summed E-state index contributed by atoms with van der Waals surface area (Å²) >= 11 is 5.46. The molecule has 0 aliphatic heterocycles.